The second kappa shape index (κ2) is 8.37. The van der Waals surface area contributed by atoms with Crippen molar-refractivity contribution < 1.29 is 19.1 Å². The lowest BCUT2D eigenvalue weighted by Crippen LogP contribution is -2.40. The molecule has 0 saturated carbocycles. The van der Waals surface area contributed by atoms with E-state index in [0.29, 0.717) is 11.5 Å². The van der Waals surface area contributed by atoms with Crippen LogP contribution in [0.5, 0.6) is 0 Å². The Morgan fingerprint density at radius 1 is 1.40 bits per heavy atom. The molecule has 1 heterocycles. The van der Waals surface area contributed by atoms with Crippen molar-refractivity contribution in [1.82, 2.24) is 10.6 Å². The highest BCUT2D eigenvalue weighted by molar-refractivity contribution is 5.94. The third kappa shape index (κ3) is 5.88. The Morgan fingerprint density at radius 2 is 2.15 bits per heavy atom. The molecule has 0 aromatic carbocycles. The van der Waals surface area contributed by atoms with Gasteiger partial charge in [0.1, 0.15) is 6.26 Å². The molecule has 0 fully saturated rings. The first kappa shape index (κ1) is 16.2. The van der Waals surface area contributed by atoms with Crippen LogP contribution in [0.1, 0.15) is 37.0 Å². The summed E-state index contributed by atoms with van der Waals surface area (Å²) < 4.78 is 4.80. The number of nitrogens with one attached hydrogen (secondary N) is 2. The second-order valence-electron chi connectivity index (χ2n) is 5.09. The van der Waals surface area contributed by atoms with Crippen molar-refractivity contribution >= 4 is 11.8 Å². The zero-order valence-electron chi connectivity index (χ0n) is 11.9. The van der Waals surface area contributed by atoms with Crippen LogP contribution >= 0.6 is 0 Å². The molecular formula is C14H22N2O4. The van der Waals surface area contributed by atoms with Crippen molar-refractivity contribution in [3.8, 4) is 0 Å². The number of aliphatic hydroxyl groups excluding tert-OH is 1. The minimum absolute atomic E-state index is 0.0781. The van der Waals surface area contributed by atoms with Crippen LogP contribution in [0.4, 0.5) is 0 Å². The maximum absolute atomic E-state index is 11.7. The van der Waals surface area contributed by atoms with Crippen molar-refractivity contribution in [3.05, 3.63) is 24.2 Å². The summed E-state index contributed by atoms with van der Waals surface area (Å²) in [5.74, 6) is -0.0575. The maximum atomic E-state index is 11.7. The van der Waals surface area contributed by atoms with E-state index in [4.69, 9.17) is 9.52 Å². The summed E-state index contributed by atoms with van der Waals surface area (Å²) >= 11 is 0. The predicted octanol–water partition coefficient (Wildman–Crippen LogP) is 0.923. The van der Waals surface area contributed by atoms with Gasteiger partial charge in [0.25, 0.3) is 5.91 Å². The molecule has 0 aliphatic carbocycles. The minimum Gasteiger partial charge on any atom is -0.472 e. The van der Waals surface area contributed by atoms with Gasteiger partial charge in [0.05, 0.1) is 24.5 Å². The Balaban J connectivity index is 2.24. The quantitative estimate of drug-likeness (QED) is 0.661. The lowest BCUT2D eigenvalue weighted by Gasteiger charge is -2.18. The number of aliphatic hydroxyl groups is 1. The molecule has 0 spiro atoms. The van der Waals surface area contributed by atoms with Gasteiger partial charge in [-0.2, -0.15) is 0 Å². The fraction of sp³-hybridized carbons (Fsp3) is 0.571. The van der Waals surface area contributed by atoms with Crippen LogP contribution in [0.2, 0.25) is 0 Å². The Hall–Kier alpha value is -1.82. The molecule has 1 atom stereocenters. The van der Waals surface area contributed by atoms with Gasteiger partial charge < -0.3 is 20.2 Å². The molecule has 1 unspecified atom stereocenters. The molecule has 2 amide bonds. The largest absolute Gasteiger partial charge is 0.472 e. The Morgan fingerprint density at radius 3 is 2.70 bits per heavy atom. The number of carbonyl (C=O) groups is 2. The SMILES string of the molecule is CC(C)CC(CO)NC(=O)CCNC(=O)c1ccoc1. The predicted molar refractivity (Wildman–Crippen MR) is 74.1 cm³/mol. The molecule has 1 rings (SSSR count). The van der Waals surface area contributed by atoms with Crippen molar-refractivity contribution in [1.29, 1.82) is 0 Å². The number of amides is 2. The lowest BCUT2D eigenvalue weighted by molar-refractivity contribution is -0.122. The van der Waals surface area contributed by atoms with Crippen LogP contribution in [0.3, 0.4) is 0 Å². The summed E-state index contributed by atoms with van der Waals surface area (Å²) in [4.78, 5) is 23.2. The molecule has 0 aliphatic rings. The molecule has 1 aromatic heterocycles. The fourth-order valence-corrected chi connectivity index (χ4v) is 1.83. The van der Waals surface area contributed by atoms with E-state index < -0.39 is 0 Å². The third-order valence-corrected chi connectivity index (χ3v) is 2.76. The van der Waals surface area contributed by atoms with Crippen LogP contribution in [-0.4, -0.2) is 36.1 Å². The van der Waals surface area contributed by atoms with Gasteiger partial charge in [-0.3, -0.25) is 9.59 Å². The average molecular weight is 282 g/mol. The molecule has 20 heavy (non-hydrogen) atoms. The molecule has 0 aliphatic heterocycles. The van der Waals surface area contributed by atoms with Gasteiger partial charge in [-0.1, -0.05) is 13.8 Å². The van der Waals surface area contributed by atoms with E-state index in [-0.39, 0.29) is 37.4 Å². The first-order chi connectivity index (χ1) is 9.52. The Kier molecular flexibility index (Phi) is 6.79. The first-order valence-corrected chi connectivity index (χ1v) is 6.73. The fourth-order valence-electron chi connectivity index (χ4n) is 1.83. The Bertz CT molecular complexity index is 415. The number of carbonyl (C=O) groups excluding carboxylic acids is 2. The summed E-state index contributed by atoms with van der Waals surface area (Å²) in [7, 11) is 0. The van der Waals surface area contributed by atoms with Crippen molar-refractivity contribution in [2.75, 3.05) is 13.2 Å². The minimum atomic E-state index is -0.271. The van der Waals surface area contributed by atoms with Crippen LogP contribution in [0.15, 0.2) is 23.0 Å². The molecule has 112 valence electrons. The van der Waals surface area contributed by atoms with E-state index in [1.165, 1.54) is 12.5 Å². The van der Waals surface area contributed by atoms with E-state index in [2.05, 4.69) is 10.6 Å². The van der Waals surface area contributed by atoms with Crippen LogP contribution < -0.4 is 10.6 Å². The lowest BCUT2D eigenvalue weighted by atomic mass is 10.0. The van der Waals surface area contributed by atoms with Crippen LogP contribution in [0, 0.1) is 5.92 Å². The summed E-state index contributed by atoms with van der Waals surface area (Å²) in [6, 6.07) is 1.33. The summed E-state index contributed by atoms with van der Waals surface area (Å²) in [6.45, 7) is 4.22. The zero-order chi connectivity index (χ0) is 15.0. The summed E-state index contributed by atoms with van der Waals surface area (Å²) in [6.07, 6.45) is 3.67. The van der Waals surface area contributed by atoms with Crippen molar-refractivity contribution in [2.45, 2.75) is 32.7 Å². The summed E-state index contributed by atoms with van der Waals surface area (Å²) in [5.41, 5.74) is 0.429. The molecule has 3 N–H and O–H groups in total. The number of hydrogen-bond donors (Lipinski definition) is 3. The molecule has 0 radical (unpaired) electrons. The molecule has 0 saturated heterocycles. The highest BCUT2D eigenvalue weighted by atomic mass is 16.3. The zero-order valence-corrected chi connectivity index (χ0v) is 11.9. The van der Waals surface area contributed by atoms with Gasteiger partial charge in [-0.05, 0) is 18.4 Å². The van der Waals surface area contributed by atoms with Gasteiger partial charge in [0, 0.05) is 13.0 Å². The number of furan rings is 1. The molecule has 0 bridgehead atoms. The van der Waals surface area contributed by atoms with E-state index in [1.807, 2.05) is 13.8 Å². The smallest absolute Gasteiger partial charge is 0.254 e. The number of rotatable bonds is 8. The van der Waals surface area contributed by atoms with Gasteiger partial charge in [-0.25, -0.2) is 0 Å². The highest BCUT2D eigenvalue weighted by Gasteiger charge is 2.13. The first-order valence-electron chi connectivity index (χ1n) is 6.73. The maximum Gasteiger partial charge on any atom is 0.254 e. The van der Waals surface area contributed by atoms with Gasteiger partial charge >= 0.3 is 0 Å². The summed E-state index contributed by atoms with van der Waals surface area (Å²) in [5, 5.41) is 14.5. The van der Waals surface area contributed by atoms with Crippen LogP contribution in [-0.2, 0) is 4.79 Å². The van der Waals surface area contributed by atoms with E-state index in [0.717, 1.165) is 6.42 Å². The third-order valence-electron chi connectivity index (χ3n) is 2.76. The van der Waals surface area contributed by atoms with Gasteiger partial charge in [-0.15, -0.1) is 0 Å². The van der Waals surface area contributed by atoms with Gasteiger partial charge in [0.15, 0.2) is 0 Å². The second-order valence-corrected chi connectivity index (χ2v) is 5.09. The molecular weight excluding hydrogens is 260 g/mol. The van der Waals surface area contributed by atoms with Gasteiger partial charge in [0.2, 0.25) is 5.91 Å². The van der Waals surface area contributed by atoms with Crippen molar-refractivity contribution in [3.63, 3.8) is 0 Å². The normalized spacial score (nSPS) is 12.2. The molecule has 6 nitrogen and oxygen atoms in total. The van der Waals surface area contributed by atoms with Crippen LogP contribution in [0.25, 0.3) is 0 Å². The van der Waals surface area contributed by atoms with E-state index >= 15 is 0 Å². The topological polar surface area (TPSA) is 91.6 Å². The standard InChI is InChI=1S/C14H22N2O4/c1-10(2)7-12(8-17)16-13(18)3-5-15-14(19)11-4-6-20-9-11/h4,6,9-10,12,17H,3,5,7-8H2,1-2H3,(H,15,19)(H,16,18). The van der Waals surface area contributed by atoms with Crippen molar-refractivity contribution in [2.24, 2.45) is 5.92 Å². The highest BCUT2D eigenvalue weighted by Crippen LogP contribution is 2.04. The van der Waals surface area contributed by atoms with E-state index in [1.54, 1.807) is 6.07 Å². The molecule has 6 heteroatoms. The monoisotopic (exact) mass is 282 g/mol. The number of hydrogen-bond acceptors (Lipinski definition) is 4. The molecule has 1 aromatic rings. The average Bonchev–Trinajstić information content (AvgIpc) is 2.91. The Labute approximate surface area is 118 Å². The van der Waals surface area contributed by atoms with E-state index in [9.17, 15) is 9.59 Å².